The molecule has 3 aromatic rings. The first-order chi connectivity index (χ1) is 15.3. The van der Waals surface area contributed by atoms with Gasteiger partial charge in [0.05, 0.1) is 17.4 Å². The molecule has 0 unspecified atom stereocenters. The van der Waals surface area contributed by atoms with Crippen molar-refractivity contribution in [1.29, 1.82) is 0 Å². The lowest BCUT2D eigenvalue weighted by atomic mass is 10.2. The molecule has 32 heavy (non-hydrogen) atoms. The van der Waals surface area contributed by atoms with E-state index in [1.807, 2.05) is 18.4 Å². The van der Waals surface area contributed by atoms with Crippen molar-refractivity contribution in [3.05, 3.63) is 70.3 Å². The Kier molecular flexibility index (Phi) is 7.87. The van der Waals surface area contributed by atoms with Crippen molar-refractivity contribution in [1.82, 2.24) is 20.1 Å². The normalized spacial score (nSPS) is 11.8. The number of carbonyl (C=O) groups excluding carboxylic acids is 2. The number of hydrogen-bond donors (Lipinski definition) is 2. The number of aromatic nitrogens is 3. The molecule has 1 aromatic heterocycles. The second-order valence-electron chi connectivity index (χ2n) is 7.01. The molecule has 2 aromatic carbocycles. The van der Waals surface area contributed by atoms with Crippen LogP contribution in [0.5, 0.6) is 0 Å². The lowest BCUT2D eigenvalue weighted by molar-refractivity contribution is -0.113. The quantitative estimate of drug-likeness (QED) is 0.464. The van der Waals surface area contributed by atoms with E-state index in [1.165, 1.54) is 30.0 Å². The van der Waals surface area contributed by atoms with Gasteiger partial charge in [-0.3, -0.25) is 9.59 Å². The highest BCUT2D eigenvalue weighted by atomic mass is 35.5. The van der Waals surface area contributed by atoms with Gasteiger partial charge in [0.1, 0.15) is 5.82 Å². The molecular weight excluding hydrogens is 453 g/mol. The van der Waals surface area contributed by atoms with Crippen LogP contribution in [0.4, 0.5) is 10.1 Å². The fourth-order valence-electron chi connectivity index (χ4n) is 3.07. The predicted molar refractivity (Wildman–Crippen MR) is 124 cm³/mol. The van der Waals surface area contributed by atoms with E-state index in [1.54, 1.807) is 31.2 Å². The zero-order valence-corrected chi connectivity index (χ0v) is 19.4. The molecule has 0 aliphatic heterocycles. The van der Waals surface area contributed by atoms with Crippen molar-refractivity contribution in [2.45, 2.75) is 38.5 Å². The van der Waals surface area contributed by atoms with Crippen LogP contribution in [0.1, 0.15) is 41.6 Å². The number of amides is 2. The fourth-order valence-corrected chi connectivity index (χ4v) is 4.05. The molecule has 0 spiro atoms. The minimum absolute atomic E-state index is 0.0375. The topological polar surface area (TPSA) is 88.9 Å². The fraction of sp³-hybridized carbons (Fsp3) is 0.273. The van der Waals surface area contributed by atoms with Gasteiger partial charge in [-0.25, -0.2) is 4.39 Å². The molecule has 0 radical (unpaired) electrons. The Morgan fingerprint density at radius 3 is 2.66 bits per heavy atom. The van der Waals surface area contributed by atoms with E-state index in [-0.39, 0.29) is 17.2 Å². The van der Waals surface area contributed by atoms with E-state index in [9.17, 15) is 14.0 Å². The molecular formula is C22H23ClFN5O2S. The van der Waals surface area contributed by atoms with Crippen molar-refractivity contribution in [3.8, 4) is 0 Å². The van der Waals surface area contributed by atoms with Gasteiger partial charge in [-0.05, 0) is 50.6 Å². The van der Waals surface area contributed by atoms with Gasteiger partial charge in [0.2, 0.25) is 5.91 Å². The van der Waals surface area contributed by atoms with Gasteiger partial charge in [-0.2, -0.15) is 0 Å². The molecule has 0 bridgehead atoms. The number of anilines is 1. The number of nitrogens with one attached hydrogen (secondary N) is 2. The molecule has 0 aliphatic rings. The van der Waals surface area contributed by atoms with Crippen LogP contribution in [0.25, 0.3) is 0 Å². The molecule has 1 heterocycles. The Labute approximate surface area is 194 Å². The van der Waals surface area contributed by atoms with Crippen LogP contribution < -0.4 is 10.6 Å². The summed E-state index contributed by atoms with van der Waals surface area (Å²) in [4.78, 5) is 24.8. The van der Waals surface area contributed by atoms with Crippen LogP contribution in [0.3, 0.4) is 0 Å². The Bertz CT molecular complexity index is 1140. The summed E-state index contributed by atoms with van der Waals surface area (Å²) in [7, 11) is 0. The van der Waals surface area contributed by atoms with E-state index >= 15 is 0 Å². The molecule has 1 atom stereocenters. The molecule has 0 saturated carbocycles. The first-order valence-corrected chi connectivity index (χ1v) is 11.3. The monoisotopic (exact) mass is 475 g/mol. The number of hydrogen-bond acceptors (Lipinski definition) is 5. The summed E-state index contributed by atoms with van der Waals surface area (Å²) in [6, 6.07) is 10.6. The maximum absolute atomic E-state index is 13.9. The average Bonchev–Trinajstić information content (AvgIpc) is 3.19. The molecule has 0 aliphatic carbocycles. The standard InChI is InChI=1S/C22H23ClFN5O2S/c1-4-29-20(14(3)25-21(31)15-8-5-6-10-17(15)24)27-28-22(29)32-12-19(30)26-18-11-7-9-16(23)13(18)2/h5-11,14H,4,12H2,1-3H3,(H,25,31)(H,26,30)/t14-/m0/s1. The van der Waals surface area contributed by atoms with Gasteiger partial charge in [0.25, 0.3) is 5.91 Å². The summed E-state index contributed by atoms with van der Waals surface area (Å²) in [6.45, 7) is 6.04. The average molecular weight is 476 g/mol. The third kappa shape index (κ3) is 5.46. The smallest absolute Gasteiger partial charge is 0.254 e. The number of thioether (sulfide) groups is 1. The zero-order valence-electron chi connectivity index (χ0n) is 17.9. The number of halogens is 2. The van der Waals surface area contributed by atoms with Crippen LogP contribution in [-0.2, 0) is 11.3 Å². The van der Waals surface area contributed by atoms with Crippen molar-refractivity contribution in [2.24, 2.45) is 0 Å². The number of nitrogens with zero attached hydrogens (tertiary/aromatic N) is 3. The Morgan fingerprint density at radius 1 is 1.19 bits per heavy atom. The molecule has 10 heteroatoms. The molecule has 2 amide bonds. The maximum atomic E-state index is 13.9. The summed E-state index contributed by atoms with van der Waals surface area (Å²) in [5.41, 5.74) is 1.42. The largest absolute Gasteiger partial charge is 0.342 e. The van der Waals surface area contributed by atoms with E-state index in [0.29, 0.717) is 28.2 Å². The Morgan fingerprint density at radius 2 is 1.94 bits per heavy atom. The Balaban J connectivity index is 1.65. The summed E-state index contributed by atoms with van der Waals surface area (Å²) in [5, 5.41) is 15.1. The molecule has 168 valence electrons. The minimum Gasteiger partial charge on any atom is -0.342 e. The van der Waals surface area contributed by atoms with Crippen molar-refractivity contribution < 1.29 is 14.0 Å². The summed E-state index contributed by atoms with van der Waals surface area (Å²) in [6.07, 6.45) is 0. The van der Waals surface area contributed by atoms with Gasteiger partial charge < -0.3 is 15.2 Å². The molecule has 7 nitrogen and oxygen atoms in total. The van der Waals surface area contributed by atoms with Crippen molar-refractivity contribution in [2.75, 3.05) is 11.1 Å². The van der Waals surface area contributed by atoms with Crippen LogP contribution in [0.2, 0.25) is 5.02 Å². The van der Waals surface area contributed by atoms with Gasteiger partial charge in [-0.1, -0.05) is 41.6 Å². The van der Waals surface area contributed by atoms with Crippen LogP contribution in [0, 0.1) is 12.7 Å². The van der Waals surface area contributed by atoms with Gasteiger partial charge >= 0.3 is 0 Å². The van der Waals surface area contributed by atoms with Crippen LogP contribution >= 0.6 is 23.4 Å². The first-order valence-electron chi connectivity index (χ1n) is 9.98. The van der Waals surface area contributed by atoms with Crippen molar-refractivity contribution in [3.63, 3.8) is 0 Å². The van der Waals surface area contributed by atoms with Crippen LogP contribution in [-0.4, -0.2) is 32.3 Å². The van der Waals surface area contributed by atoms with E-state index < -0.39 is 17.8 Å². The third-order valence-electron chi connectivity index (χ3n) is 4.79. The Hall–Kier alpha value is -2.91. The maximum Gasteiger partial charge on any atom is 0.254 e. The van der Waals surface area contributed by atoms with Gasteiger partial charge in [0, 0.05) is 17.3 Å². The third-order valence-corrected chi connectivity index (χ3v) is 6.17. The molecule has 0 saturated heterocycles. The number of benzene rings is 2. The highest BCUT2D eigenvalue weighted by molar-refractivity contribution is 7.99. The highest BCUT2D eigenvalue weighted by Crippen LogP contribution is 2.24. The molecule has 0 fully saturated rings. The second-order valence-corrected chi connectivity index (χ2v) is 8.36. The highest BCUT2D eigenvalue weighted by Gasteiger charge is 2.21. The zero-order chi connectivity index (χ0) is 23.3. The second kappa shape index (κ2) is 10.6. The SMILES string of the molecule is CCn1c(SCC(=O)Nc2cccc(Cl)c2C)nnc1[C@H](C)NC(=O)c1ccccc1F. The summed E-state index contributed by atoms with van der Waals surface area (Å²) < 4.78 is 15.7. The van der Waals surface area contributed by atoms with E-state index in [0.717, 1.165) is 5.56 Å². The molecule has 3 rings (SSSR count). The van der Waals surface area contributed by atoms with Gasteiger partial charge in [0.15, 0.2) is 11.0 Å². The van der Waals surface area contributed by atoms with E-state index in [4.69, 9.17) is 11.6 Å². The van der Waals surface area contributed by atoms with Gasteiger partial charge in [-0.15, -0.1) is 10.2 Å². The number of carbonyl (C=O) groups is 2. The lowest BCUT2D eigenvalue weighted by Gasteiger charge is -2.15. The summed E-state index contributed by atoms with van der Waals surface area (Å²) >= 11 is 7.33. The van der Waals surface area contributed by atoms with Crippen molar-refractivity contribution >= 4 is 40.9 Å². The molecule has 2 N–H and O–H groups in total. The van der Waals surface area contributed by atoms with Crippen LogP contribution in [0.15, 0.2) is 47.6 Å². The van der Waals surface area contributed by atoms with E-state index in [2.05, 4.69) is 20.8 Å². The predicted octanol–water partition coefficient (Wildman–Crippen LogP) is 4.62. The number of rotatable bonds is 8. The first kappa shape index (κ1) is 23.7. The minimum atomic E-state index is -0.591. The summed E-state index contributed by atoms with van der Waals surface area (Å²) in [5.74, 6) is -0.683. The lowest BCUT2D eigenvalue weighted by Crippen LogP contribution is -2.29.